The molecule has 0 aromatic heterocycles. The maximum absolute atomic E-state index is 13.0. The molecule has 5 heteroatoms. The van der Waals surface area contributed by atoms with Crippen LogP contribution in [0.15, 0.2) is 18.2 Å². The van der Waals surface area contributed by atoms with Crippen molar-refractivity contribution >= 4 is 20.7 Å². The fourth-order valence-corrected chi connectivity index (χ4v) is 1.45. The summed E-state index contributed by atoms with van der Waals surface area (Å²) >= 11 is 2.74. The number of rotatable bonds is 3. The molecule has 2 nitrogen and oxygen atoms in total. The van der Waals surface area contributed by atoms with Crippen LogP contribution in [0.4, 0.5) is 13.6 Å². The Bertz CT molecular complexity index is 407. The summed E-state index contributed by atoms with van der Waals surface area (Å²) in [4.78, 5) is 10.4. The molecule has 88 valence electrons. The van der Waals surface area contributed by atoms with E-state index in [1.54, 1.807) is 0 Å². The number of carbonyl (C=O) groups is 1. The minimum Gasteiger partial charge on any atom is -0.346 e. The smallest absolute Gasteiger partial charge is 0.287 e. The quantitative estimate of drug-likeness (QED) is 0.672. The van der Waals surface area contributed by atoms with Gasteiger partial charge in [-0.15, -0.1) is 0 Å². The van der Waals surface area contributed by atoms with Gasteiger partial charge in [0.25, 0.3) is 4.82 Å². The first-order chi connectivity index (χ1) is 7.33. The third-order valence-corrected chi connectivity index (χ3v) is 2.65. The van der Waals surface area contributed by atoms with Gasteiger partial charge in [-0.05, 0) is 17.7 Å². The predicted octanol–water partition coefficient (Wildman–Crippen LogP) is 3.35. The summed E-state index contributed by atoms with van der Waals surface area (Å²) in [5.41, 5.74) is 0.172. The molecule has 1 N–H and O–H groups in total. The highest BCUT2D eigenvalue weighted by atomic mass is 79.9. The minimum absolute atomic E-state index is 0.330. The van der Waals surface area contributed by atoms with E-state index in [2.05, 4.69) is 21.2 Å². The number of carbonyl (C=O) groups excluding carboxylic acids is 1. The van der Waals surface area contributed by atoms with Crippen molar-refractivity contribution in [3.63, 3.8) is 0 Å². The average molecular weight is 292 g/mol. The molecular weight excluding hydrogens is 280 g/mol. The lowest BCUT2D eigenvalue weighted by atomic mass is 9.84. The molecule has 1 aromatic carbocycles. The third kappa shape index (κ3) is 3.27. The van der Waals surface area contributed by atoms with Crippen molar-refractivity contribution in [1.82, 2.24) is 5.32 Å². The van der Waals surface area contributed by atoms with Crippen LogP contribution in [0.5, 0.6) is 0 Å². The molecule has 0 aliphatic carbocycles. The molecule has 0 bridgehead atoms. The number of benzene rings is 1. The van der Waals surface area contributed by atoms with Crippen molar-refractivity contribution in [3.05, 3.63) is 35.4 Å². The first-order valence-electron chi connectivity index (χ1n) is 4.72. The minimum atomic E-state index is -0.879. The second-order valence-electron chi connectivity index (χ2n) is 4.14. The fourth-order valence-electron chi connectivity index (χ4n) is 1.31. The van der Waals surface area contributed by atoms with Gasteiger partial charge in [0.15, 0.2) is 11.6 Å². The lowest BCUT2D eigenvalue weighted by Crippen LogP contribution is -2.34. The second-order valence-corrected chi connectivity index (χ2v) is 4.86. The molecule has 0 saturated carbocycles. The van der Waals surface area contributed by atoms with E-state index in [1.807, 2.05) is 13.8 Å². The Labute approximate surface area is 101 Å². The van der Waals surface area contributed by atoms with Gasteiger partial charge < -0.3 is 5.32 Å². The molecule has 0 radical (unpaired) electrons. The van der Waals surface area contributed by atoms with Crippen LogP contribution in [0.1, 0.15) is 19.4 Å². The summed E-state index contributed by atoms with van der Waals surface area (Å²) in [6, 6.07) is 3.75. The lowest BCUT2D eigenvalue weighted by molar-refractivity contribution is 0.259. The Hall–Kier alpha value is -0.970. The first-order valence-corrected chi connectivity index (χ1v) is 5.51. The Morgan fingerprint density at radius 1 is 1.38 bits per heavy atom. The zero-order valence-corrected chi connectivity index (χ0v) is 10.6. The lowest BCUT2D eigenvalue weighted by Gasteiger charge is -2.25. The molecule has 0 aliphatic rings. The van der Waals surface area contributed by atoms with E-state index in [1.165, 1.54) is 6.07 Å². The summed E-state index contributed by atoms with van der Waals surface area (Å²) in [6.45, 7) is 4.01. The molecule has 0 fully saturated rings. The molecule has 1 rings (SSSR count). The van der Waals surface area contributed by atoms with E-state index in [0.29, 0.717) is 12.1 Å². The third-order valence-electron chi connectivity index (χ3n) is 2.37. The molecule has 0 spiro atoms. The van der Waals surface area contributed by atoms with Gasteiger partial charge >= 0.3 is 0 Å². The van der Waals surface area contributed by atoms with E-state index in [4.69, 9.17) is 0 Å². The topological polar surface area (TPSA) is 29.1 Å². The summed E-state index contributed by atoms with van der Waals surface area (Å²) in [5, 5.41) is 2.58. The molecule has 16 heavy (non-hydrogen) atoms. The maximum atomic E-state index is 13.0. The fraction of sp³-hybridized carbons (Fsp3) is 0.364. The maximum Gasteiger partial charge on any atom is 0.287 e. The number of amides is 1. The monoisotopic (exact) mass is 291 g/mol. The zero-order valence-electron chi connectivity index (χ0n) is 8.98. The SMILES string of the molecule is CC(C)(CNC(=O)Br)c1ccc(F)c(F)c1. The van der Waals surface area contributed by atoms with Gasteiger partial charge in [-0.1, -0.05) is 19.9 Å². The van der Waals surface area contributed by atoms with Gasteiger partial charge in [0.05, 0.1) is 0 Å². The highest BCUT2D eigenvalue weighted by molar-refractivity contribution is 9.18. The summed E-state index contributed by atoms with van der Waals surface area (Å²) < 4.78 is 25.8. The summed E-state index contributed by atoms with van der Waals surface area (Å²) in [7, 11) is 0. The van der Waals surface area contributed by atoms with Crippen molar-refractivity contribution in [2.75, 3.05) is 6.54 Å². The molecule has 0 saturated heterocycles. The molecular formula is C11H12BrF2NO. The number of hydrogen-bond acceptors (Lipinski definition) is 1. The number of halogens is 3. The van der Waals surface area contributed by atoms with Crippen LogP contribution in [-0.4, -0.2) is 11.4 Å². The van der Waals surface area contributed by atoms with Crippen LogP contribution in [0.2, 0.25) is 0 Å². The standard InChI is InChI=1S/C11H12BrF2NO/c1-11(2,6-15-10(12)16)7-3-4-8(13)9(14)5-7/h3-5H,6H2,1-2H3,(H,15,16). The molecule has 0 aliphatic heterocycles. The average Bonchev–Trinajstić information content (AvgIpc) is 2.19. The number of hydrogen-bond donors (Lipinski definition) is 1. The molecule has 1 amide bonds. The predicted molar refractivity (Wildman–Crippen MR) is 61.7 cm³/mol. The Kier molecular flexibility index (Phi) is 4.02. The van der Waals surface area contributed by atoms with Crippen LogP contribution in [0.3, 0.4) is 0 Å². The molecule has 0 heterocycles. The van der Waals surface area contributed by atoms with Crippen LogP contribution in [0, 0.1) is 11.6 Å². The Morgan fingerprint density at radius 2 is 2.00 bits per heavy atom. The van der Waals surface area contributed by atoms with Crippen molar-refractivity contribution < 1.29 is 13.6 Å². The van der Waals surface area contributed by atoms with Crippen LogP contribution in [0.25, 0.3) is 0 Å². The normalized spacial score (nSPS) is 11.3. The Balaban J connectivity index is 2.88. The van der Waals surface area contributed by atoms with E-state index in [9.17, 15) is 13.6 Å². The van der Waals surface area contributed by atoms with Crippen LogP contribution < -0.4 is 5.32 Å². The van der Waals surface area contributed by atoms with Crippen molar-refractivity contribution in [1.29, 1.82) is 0 Å². The van der Waals surface area contributed by atoms with E-state index >= 15 is 0 Å². The van der Waals surface area contributed by atoms with E-state index < -0.39 is 17.0 Å². The van der Waals surface area contributed by atoms with Crippen molar-refractivity contribution in [2.24, 2.45) is 0 Å². The van der Waals surface area contributed by atoms with Gasteiger partial charge in [0.1, 0.15) is 0 Å². The van der Waals surface area contributed by atoms with Gasteiger partial charge in [0.2, 0.25) is 0 Å². The van der Waals surface area contributed by atoms with Crippen LogP contribution >= 0.6 is 15.9 Å². The largest absolute Gasteiger partial charge is 0.346 e. The van der Waals surface area contributed by atoms with Crippen LogP contribution in [-0.2, 0) is 5.41 Å². The second kappa shape index (κ2) is 4.91. The van der Waals surface area contributed by atoms with Crippen molar-refractivity contribution in [3.8, 4) is 0 Å². The molecule has 1 aromatic rings. The summed E-state index contributed by atoms with van der Waals surface area (Å²) in [5.74, 6) is -1.75. The van der Waals surface area contributed by atoms with Gasteiger partial charge in [-0.2, -0.15) is 0 Å². The highest BCUT2D eigenvalue weighted by Crippen LogP contribution is 2.24. The van der Waals surface area contributed by atoms with E-state index in [0.717, 1.165) is 12.1 Å². The highest BCUT2D eigenvalue weighted by Gasteiger charge is 2.22. The zero-order chi connectivity index (χ0) is 12.3. The molecule has 0 atom stereocenters. The molecule has 0 unspecified atom stereocenters. The summed E-state index contributed by atoms with van der Waals surface area (Å²) in [6.07, 6.45) is 0. The van der Waals surface area contributed by atoms with E-state index in [-0.39, 0.29) is 4.82 Å². The van der Waals surface area contributed by atoms with Gasteiger partial charge in [-0.3, -0.25) is 4.79 Å². The number of nitrogens with one attached hydrogen (secondary N) is 1. The Morgan fingerprint density at radius 3 is 2.50 bits per heavy atom. The van der Waals surface area contributed by atoms with Gasteiger partial charge in [0, 0.05) is 27.9 Å². The first kappa shape index (κ1) is 13.1. The van der Waals surface area contributed by atoms with Gasteiger partial charge in [-0.25, -0.2) is 8.78 Å². The van der Waals surface area contributed by atoms with Crippen molar-refractivity contribution in [2.45, 2.75) is 19.3 Å².